The van der Waals surface area contributed by atoms with E-state index >= 15 is 0 Å². The van der Waals surface area contributed by atoms with E-state index in [1.807, 2.05) is 24.3 Å². The first-order chi connectivity index (χ1) is 11.6. The summed E-state index contributed by atoms with van der Waals surface area (Å²) in [6.45, 7) is 3.94. The van der Waals surface area contributed by atoms with Crippen LogP contribution >= 0.6 is 23.4 Å². The fourth-order valence-electron chi connectivity index (χ4n) is 2.10. The molecule has 2 heterocycles. The van der Waals surface area contributed by atoms with E-state index in [9.17, 15) is 4.79 Å². The normalized spacial score (nSPS) is 12.3. The number of hydrogen-bond acceptors (Lipinski definition) is 6. The van der Waals surface area contributed by atoms with Gasteiger partial charge in [0.25, 0.3) is 0 Å². The first-order valence-corrected chi connectivity index (χ1v) is 8.66. The molecular formula is C16H15ClN4O2S. The monoisotopic (exact) mass is 362 g/mol. The summed E-state index contributed by atoms with van der Waals surface area (Å²) in [6.07, 6.45) is 0. The molecule has 0 aliphatic carbocycles. The Bertz CT molecular complexity index is 866. The average Bonchev–Trinajstić information content (AvgIpc) is 2.99. The molecule has 0 amide bonds. The smallest absolute Gasteiger partial charge is 0.319 e. The van der Waals surface area contributed by atoms with Crippen LogP contribution in [0.25, 0.3) is 17.0 Å². The molecule has 124 valence electrons. The summed E-state index contributed by atoms with van der Waals surface area (Å²) >= 11 is 7.26. The van der Waals surface area contributed by atoms with Crippen LogP contribution in [-0.2, 0) is 9.53 Å². The molecule has 0 N–H and O–H groups in total. The molecule has 2 aromatic heterocycles. The maximum absolute atomic E-state index is 11.8. The Morgan fingerprint density at radius 2 is 2.00 bits per heavy atom. The summed E-state index contributed by atoms with van der Waals surface area (Å²) in [6, 6.07) is 10.9. The Morgan fingerprint density at radius 1 is 1.25 bits per heavy atom. The van der Waals surface area contributed by atoms with Crippen LogP contribution in [0.5, 0.6) is 0 Å². The number of rotatable bonds is 5. The van der Waals surface area contributed by atoms with Crippen LogP contribution in [0.4, 0.5) is 0 Å². The van der Waals surface area contributed by atoms with Gasteiger partial charge in [0.1, 0.15) is 10.3 Å². The van der Waals surface area contributed by atoms with Gasteiger partial charge in [0.15, 0.2) is 11.5 Å². The molecule has 1 aromatic carbocycles. The van der Waals surface area contributed by atoms with Crippen LogP contribution in [0, 0.1) is 0 Å². The number of carbonyl (C=O) groups excluding carboxylic acids is 1. The quantitative estimate of drug-likeness (QED) is 0.511. The summed E-state index contributed by atoms with van der Waals surface area (Å²) in [7, 11) is 0. The van der Waals surface area contributed by atoms with E-state index in [1.165, 1.54) is 11.8 Å². The summed E-state index contributed by atoms with van der Waals surface area (Å²) in [4.78, 5) is 11.8. The molecule has 0 bridgehead atoms. The summed E-state index contributed by atoms with van der Waals surface area (Å²) in [5.41, 5.74) is 1.49. The topological polar surface area (TPSA) is 69.4 Å². The van der Waals surface area contributed by atoms with E-state index in [0.29, 0.717) is 28.1 Å². The van der Waals surface area contributed by atoms with Gasteiger partial charge in [-0.25, -0.2) is 0 Å². The molecule has 0 radical (unpaired) electrons. The van der Waals surface area contributed by atoms with Crippen LogP contribution in [-0.4, -0.2) is 37.6 Å². The van der Waals surface area contributed by atoms with Crippen molar-refractivity contribution in [1.29, 1.82) is 0 Å². The SMILES string of the molecule is CCOC(=O)[C@H](C)Sc1ccc2nnc(-c3ccc(Cl)cc3)n2n1. The molecule has 0 unspecified atom stereocenters. The molecule has 3 rings (SSSR count). The summed E-state index contributed by atoms with van der Waals surface area (Å²) in [5, 5.41) is 13.8. The highest BCUT2D eigenvalue weighted by Gasteiger charge is 2.17. The minimum atomic E-state index is -0.342. The number of esters is 1. The number of ether oxygens (including phenoxy) is 1. The second kappa shape index (κ2) is 7.19. The molecule has 0 fully saturated rings. The van der Waals surface area contributed by atoms with E-state index in [1.54, 1.807) is 30.5 Å². The third-order valence-electron chi connectivity index (χ3n) is 3.26. The maximum atomic E-state index is 11.8. The van der Waals surface area contributed by atoms with Crippen molar-refractivity contribution in [3.8, 4) is 11.4 Å². The zero-order chi connectivity index (χ0) is 17.1. The highest BCUT2D eigenvalue weighted by Crippen LogP contribution is 2.24. The average molecular weight is 363 g/mol. The Balaban J connectivity index is 1.91. The molecule has 0 saturated carbocycles. The number of fused-ring (bicyclic) bond motifs is 1. The predicted octanol–water partition coefficient (Wildman–Crippen LogP) is 3.49. The van der Waals surface area contributed by atoms with Gasteiger partial charge in [0, 0.05) is 10.6 Å². The molecule has 0 spiro atoms. The molecule has 6 nitrogen and oxygen atoms in total. The lowest BCUT2D eigenvalue weighted by molar-refractivity contribution is -0.142. The van der Waals surface area contributed by atoms with Crippen molar-refractivity contribution in [1.82, 2.24) is 19.8 Å². The molecule has 0 aliphatic rings. The third kappa shape index (κ3) is 3.52. The molecule has 24 heavy (non-hydrogen) atoms. The van der Waals surface area contributed by atoms with Gasteiger partial charge in [0.2, 0.25) is 0 Å². The number of benzene rings is 1. The third-order valence-corrected chi connectivity index (χ3v) is 4.51. The predicted molar refractivity (Wildman–Crippen MR) is 93.2 cm³/mol. The van der Waals surface area contributed by atoms with Crippen molar-refractivity contribution in [3.05, 3.63) is 41.4 Å². The number of aromatic nitrogens is 4. The number of carbonyl (C=O) groups is 1. The number of halogens is 1. The maximum Gasteiger partial charge on any atom is 0.319 e. The van der Waals surface area contributed by atoms with Gasteiger partial charge >= 0.3 is 5.97 Å². The Hall–Kier alpha value is -2.12. The molecule has 8 heteroatoms. The van der Waals surface area contributed by atoms with E-state index in [4.69, 9.17) is 16.3 Å². The van der Waals surface area contributed by atoms with Crippen molar-refractivity contribution in [3.63, 3.8) is 0 Å². The summed E-state index contributed by atoms with van der Waals surface area (Å²) in [5.74, 6) is 0.360. The first kappa shape index (κ1) is 16.7. The summed E-state index contributed by atoms with van der Waals surface area (Å²) < 4.78 is 6.68. The van der Waals surface area contributed by atoms with Crippen molar-refractivity contribution in [2.45, 2.75) is 24.1 Å². The van der Waals surface area contributed by atoms with Crippen molar-refractivity contribution in [2.24, 2.45) is 0 Å². The molecule has 1 atom stereocenters. The largest absolute Gasteiger partial charge is 0.465 e. The van der Waals surface area contributed by atoms with Gasteiger partial charge in [-0.15, -0.1) is 10.2 Å². The lowest BCUT2D eigenvalue weighted by atomic mass is 10.2. The number of thioether (sulfide) groups is 1. The number of hydrogen-bond donors (Lipinski definition) is 0. The van der Waals surface area contributed by atoms with Gasteiger partial charge < -0.3 is 4.74 Å². The lowest BCUT2D eigenvalue weighted by Gasteiger charge is -2.09. The first-order valence-electron chi connectivity index (χ1n) is 7.40. The zero-order valence-electron chi connectivity index (χ0n) is 13.1. The zero-order valence-corrected chi connectivity index (χ0v) is 14.7. The van der Waals surface area contributed by atoms with Crippen LogP contribution in [0.2, 0.25) is 5.02 Å². The van der Waals surface area contributed by atoms with Crippen molar-refractivity contribution < 1.29 is 9.53 Å². The Morgan fingerprint density at radius 3 is 2.71 bits per heavy atom. The van der Waals surface area contributed by atoms with Crippen LogP contribution in [0.15, 0.2) is 41.4 Å². The van der Waals surface area contributed by atoms with Crippen LogP contribution in [0.3, 0.4) is 0 Å². The minimum Gasteiger partial charge on any atom is -0.465 e. The van der Waals surface area contributed by atoms with Gasteiger partial charge in [-0.2, -0.15) is 9.61 Å². The lowest BCUT2D eigenvalue weighted by Crippen LogP contribution is -2.17. The minimum absolute atomic E-state index is 0.258. The standard InChI is InChI=1S/C16H15ClN4O2S/c1-3-23-16(22)10(2)24-14-9-8-13-18-19-15(21(13)20-14)11-4-6-12(17)7-5-11/h4-10H,3H2,1-2H3/t10-/m0/s1. The van der Waals surface area contributed by atoms with Crippen molar-refractivity contribution in [2.75, 3.05) is 6.61 Å². The van der Waals surface area contributed by atoms with Gasteiger partial charge in [-0.1, -0.05) is 23.4 Å². The second-order valence-electron chi connectivity index (χ2n) is 4.98. The van der Waals surface area contributed by atoms with Gasteiger partial charge in [0.05, 0.1) is 6.61 Å². The Kier molecular flexibility index (Phi) is 5.01. The van der Waals surface area contributed by atoms with E-state index in [-0.39, 0.29) is 11.2 Å². The fourth-order valence-corrected chi connectivity index (χ4v) is 3.03. The molecular weight excluding hydrogens is 348 g/mol. The van der Waals surface area contributed by atoms with Gasteiger partial charge in [-0.3, -0.25) is 4.79 Å². The highest BCUT2D eigenvalue weighted by atomic mass is 35.5. The fraction of sp³-hybridized carbons (Fsp3) is 0.250. The van der Waals surface area contributed by atoms with E-state index < -0.39 is 0 Å². The van der Waals surface area contributed by atoms with Crippen molar-refractivity contribution >= 4 is 35.0 Å². The molecule has 0 saturated heterocycles. The molecule has 0 aliphatic heterocycles. The van der Waals surface area contributed by atoms with Gasteiger partial charge in [-0.05, 0) is 50.2 Å². The van der Waals surface area contributed by atoms with E-state index in [0.717, 1.165) is 5.56 Å². The second-order valence-corrected chi connectivity index (χ2v) is 6.78. The van der Waals surface area contributed by atoms with Crippen LogP contribution < -0.4 is 0 Å². The van der Waals surface area contributed by atoms with E-state index in [2.05, 4.69) is 15.3 Å². The molecule has 3 aromatic rings. The number of nitrogens with zero attached hydrogens (tertiary/aromatic N) is 4. The highest BCUT2D eigenvalue weighted by molar-refractivity contribution is 8.00. The Labute approximate surface area is 148 Å². The van der Waals surface area contributed by atoms with Crippen LogP contribution in [0.1, 0.15) is 13.8 Å².